The van der Waals surface area contributed by atoms with Crippen LogP contribution in [0.2, 0.25) is 5.02 Å². The van der Waals surface area contributed by atoms with E-state index < -0.39 is 11.7 Å². The summed E-state index contributed by atoms with van der Waals surface area (Å²) in [5.41, 5.74) is 1.05. The number of alkyl halides is 3. The Morgan fingerprint density at radius 2 is 1.77 bits per heavy atom. The summed E-state index contributed by atoms with van der Waals surface area (Å²) in [6, 6.07) is 13.7. The van der Waals surface area contributed by atoms with Crippen molar-refractivity contribution < 1.29 is 13.2 Å². The van der Waals surface area contributed by atoms with Gasteiger partial charge in [0.2, 0.25) is 5.95 Å². The molecule has 0 aliphatic carbocycles. The first-order chi connectivity index (χ1) is 12.3. The van der Waals surface area contributed by atoms with E-state index in [4.69, 9.17) is 11.6 Å². The predicted octanol–water partition coefficient (Wildman–Crippen LogP) is 5.94. The molecule has 2 aromatic carbocycles. The van der Waals surface area contributed by atoms with E-state index in [1.165, 1.54) is 6.07 Å². The maximum absolute atomic E-state index is 13.3. The van der Waals surface area contributed by atoms with Crippen LogP contribution in [0.4, 0.5) is 36.3 Å². The van der Waals surface area contributed by atoms with E-state index in [-0.39, 0.29) is 11.8 Å². The average molecular weight is 379 g/mol. The summed E-state index contributed by atoms with van der Waals surface area (Å²) in [6.45, 7) is 1.87. The van der Waals surface area contributed by atoms with Crippen LogP contribution in [0.15, 0.2) is 54.7 Å². The van der Waals surface area contributed by atoms with Crippen LogP contribution in [0, 0.1) is 6.92 Å². The molecule has 1 aromatic heterocycles. The van der Waals surface area contributed by atoms with Crippen LogP contribution >= 0.6 is 11.6 Å². The molecule has 0 radical (unpaired) electrons. The Morgan fingerprint density at radius 3 is 2.46 bits per heavy atom. The van der Waals surface area contributed by atoms with Gasteiger partial charge in [0.1, 0.15) is 11.4 Å². The second-order valence-electron chi connectivity index (χ2n) is 5.53. The van der Waals surface area contributed by atoms with Gasteiger partial charge in [0, 0.05) is 22.6 Å². The van der Waals surface area contributed by atoms with Crippen LogP contribution < -0.4 is 10.6 Å². The van der Waals surface area contributed by atoms with Gasteiger partial charge >= 0.3 is 6.18 Å². The first-order valence-corrected chi connectivity index (χ1v) is 8.00. The van der Waals surface area contributed by atoms with Gasteiger partial charge < -0.3 is 10.6 Å². The molecule has 8 heteroatoms. The summed E-state index contributed by atoms with van der Waals surface area (Å²) in [5, 5.41) is 6.00. The van der Waals surface area contributed by atoms with Crippen molar-refractivity contribution in [1.29, 1.82) is 0 Å². The minimum Gasteiger partial charge on any atom is -0.340 e. The number of nitrogens with one attached hydrogen (secondary N) is 2. The van der Waals surface area contributed by atoms with Crippen molar-refractivity contribution in [2.75, 3.05) is 10.6 Å². The molecule has 134 valence electrons. The molecule has 0 amide bonds. The Hall–Kier alpha value is -2.80. The van der Waals surface area contributed by atoms with Gasteiger partial charge in [0.25, 0.3) is 0 Å². The Morgan fingerprint density at radius 1 is 1.00 bits per heavy atom. The highest BCUT2D eigenvalue weighted by Crippen LogP contribution is 2.35. The summed E-state index contributed by atoms with van der Waals surface area (Å²) in [7, 11) is 0. The van der Waals surface area contributed by atoms with Gasteiger partial charge in [-0.1, -0.05) is 35.9 Å². The number of aromatic nitrogens is 2. The molecular weight excluding hydrogens is 365 g/mol. The molecule has 1 heterocycles. The molecule has 0 aliphatic rings. The Bertz CT molecular complexity index is 928. The van der Waals surface area contributed by atoms with E-state index in [2.05, 4.69) is 20.6 Å². The number of hydrogen-bond acceptors (Lipinski definition) is 4. The van der Waals surface area contributed by atoms with Gasteiger partial charge in [-0.2, -0.15) is 18.2 Å². The Kier molecular flexibility index (Phi) is 4.99. The summed E-state index contributed by atoms with van der Waals surface area (Å²) in [4.78, 5) is 7.80. The average Bonchev–Trinajstić information content (AvgIpc) is 2.56. The second kappa shape index (κ2) is 7.21. The molecule has 3 rings (SSSR count). The third-order valence-corrected chi connectivity index (χ3v) is 3.81. The van der Waals surface area contributed by atoms with Crippen LogP contribution in [0.5, 0.6) is 0 Å². The third-order valence-electron chi connectivity index (χ3n) is 3.57. The molecule has 0 aliphatic heterocycles. The molecule has 0 unspecified atom stereocenters. The predicted molar refractivity (Wildman–Crippen MR) is 96.2 cm³/mol. The van der Waals surface area contributed by atoms with Gasteiger partial charge in [-0.3, -0.25) is 0 Å². The topological polar surface area (TPSA) is 49.8 Å². The van der Waals surface area contributed by atoms with Gasteiger partial charge in [-0.15, -0.1) is 0 Å². The standard InChI is InChI=1S/C18H14ClF3N4/c1-11-5-2-3-8-15(11)25-17-23-10-14(18(20,21)22)16(26-17)24-13-7-4-6-12(19)9-13/h2-10H,1H3,(H2,23,24,25,26). The monoisotopic (exact) mass is 378 g/mol. The van der Waals surface area contributed by atoms with Crippen molar-refractivity contribution in [3.05, 3.63) is 70.9 Å². The number of para-hydroxylation sites is 1. The van der Waals surface area contributed by atoms with Crippen LogP contribution in [0.1, 0.15) is 11.1 Å². The zero-order chi connectivity index (χ0) is 18.7. The van der Waals surface area contributed by atoms with Gasteiger partial charge in [0.15, 0.2) is 0 Å². The lowest BCUT2D eigenvalue weighted by atomic mass is 10.2. The Balaban J connectivity index is 1.98. The van der Waals surface area contributed by atoms with Gasteiger partial charge in [-0.25, -0.2) is 4.98 Å². The van der Waals surface area contributed by atoms with Crippen molar-refractivity contribution in [2.45, 2.75) is 13.1 Å². The minimum absolute atomic E-state index is 0.0526. The van der Waals surface area contributed by atoms with Crippen LogP contribution in [0.3, 0.4) is 0 Å². The van der Waals surface area contributed by atoms with Crippen LogP contribution in [-0.4, -0.2) is 9.97 Å². The maximum atomic E-state index is 13.3. The first-order valence-electron chi connectivity index (χ1n) is 7.62. The summed E-state index contributed by atoms with van der Waals surface area (Å²) < 4.78 is 39.9. The van der Waals surface area contributed by atoms with Crippen molar-refractivity contribution in [2.24, 2.45) is 0 Å². The fourth-order valence-corrected chi connectivity index (χ4v) is 2.47. The van der Waals surface area contributed by atoms with E-state index >= 15 is 0 Å². The number of rotatable bonds is 4. The zero-order valence-electron chi connectivity index (χ0n) is 13.6. The highest BCUT2D eigenvalue weighted by molar-refractivity contribution is 6.30. The summed E-state index contributed by atoms with van der Waals surface area (Å²) in [5.74, 6) is -0.303. The summed E-state index contributed by atoms with van der Waals surface area (Å²) in [6.07, 6.45) is -3.84. The molecule has 0 saturated carbocycles. The molecule has 0 atom stereocenters. The number of halogens is 4. The van der Waals surface area contributed by atoms with Crippen molar-refractivity contribution in [3.8, 4) is 0 Å². The number of hydrogen-bond donors (Lipinski definition) is 2. The molecule has 4 nitrogen and oxygen atoms in total. The molecule has 0 fully saturated rings. The van der Waals surface area contributed by atoms with Crippen LogP contribution in [-0.2, 0) is 6.18 Å². The maximum Gasteiger partial charge on any atom is 0.421 e. The van der Waals surface area contributed by atoms with E-state index in [0.29, 0.717) is 16.4 Å². The molecule has 3 aromatic rings. The normalized spacial score (nSPS) is 11.3. The van der Waals surface area contributed by atoms with E-state index in [1.54, 1.807) is 24.3 Å². The number of aryl methyl sites for hydroxylation is 1. The molecule has 26 heavy (non-hydrogen) atoms. The highest BCUT2D eigenvalue weighted by Gasteiger charge is 2.35. The van der Waals surface area contributed by atoms with Crippen molar-refractivity contribution in [3.63, 3.8) is 0 Å². The smallest absolute Gasteiger partial charge is 0.340 e. The first kappa shape index (κ1) is 18.0. The van der Waals surface area contributed by atoms with E-state index in [0.717, 1.165) is 11.8 Å². The largest absolute Gasteiger partial charge is 0.421 e. The lowest BCUT2D eigenvalue weighted by Gasteiger charge is -2.15. The van der Waals surface area contributed by atoms with Crippen molar-refractivity contribution >= 4 is 34.7 Å². The molecule has 0 saturated heterocycles. The number of nitrogens with zero attached hydrogens (tertiary/aromatic N) is 2. The fraction of sp³-hybridized carbons (Fsp3) is 0.111. The molecule has 0 spiro atoms. The minimum atomic E-state index is -4.60. The Labute approximate surface area is 153 Å². The zero-order valence-corrected chi connectivity index (χ0v) is 14.4. The number of benzene rings is 2. The highest BCUT2D eigenvalue weighted by atomic mass is 35.5. The van der Waals surface area contributed by atoms with E-state index in [9.17, 15) is 13.2 Å². The second-order valence-corrected chi connectivity index (χ2v) is 5.97. The van der Waals surface area contributed by atoms with Crippen LogP contribution in [0.25, 0.3) is 0 Å². The van der Waals surface area contributed by atoms with E-state index in [1.807, 2.05) is 25.1 Å². The lowest BCUT2D eigenvalue weighted by molar-refractivity contribution is -0.137. The number of anilines is 4. The SMILES string of the molecule is Cc1ccccc1Nc1ncc(C(F)(F)F)c(Nc2cccc(Cl)c2)n1. The van der Waals surface area contributed by atoms with Gasteiger partial charge in [0.05, 0.1) is 0 Å². The molecular formula is C18H14ClF3N4. The van der Waals surface area contributed by atoms with Gasteiger partial charge in [-0.05, 0) is 36.8 Å². The fourth-order valence-electron chi connectivity index (χ4n) is 2.28. The summed E-state index contributed by atoms with van der Waals surface area (Å²) >= 11 is 5.89. The third kappa shape index (κ3) is 4.23. The molecule has 2 N–H and O–H groups in total. The molecule has 0 bridgehead atoms. The lowest BCUT2D eigenvalue weighted by Crippen LogP contribution is -2.12. The quantitative estimate of drug-likeness (QED) is 0.589. The van der Waals surface area contributed by atoms with Crippen molar-refractivity contribution in [1.82, 2.24) is 9.97 Å².